The molecule has 4 rings (SSSR count). The van der Waals surface area contributed by atoms with E-state index in [0.29, 0.717) is 12.1 Å². The van der Waals surface area contributed by atoms with Crippen LogP contribution < -0.4 is 5.32 Å². The van der Waals surface area contributed by atoms with E-state index in [0.717, 1.165) is 22.5 Å². The highest BCUT2D eigenvalue weighted by Crippen LogP contribution is 2.36. The minimum Gasteiger partial charge on any atom is -0.390 e. The van der Waals surface area contributed by atoms with Gasteiger partial charge >= 0.3 is 6.18 Å². The van der Waals surface area contributed by atoms with Crippen LogP contribution in [0.2, 0.25) is 0 Å². The van der Waals surface area contributed by atoms with Crippen LogP contribution in [0.5, 0.6) is 0 Å². The zero-order chi connectivity index (χ0) is 20.8. The molecule has 4 unspecified atom stereocenters. The number of fused-ring (bicyclic) bond motifs is 1. The van der Waals surface area contributed by atoms with E-state index in [2.05, 4.69) is 10.3 Å². The summed E-state index contributed by atoms with van der Waals surface area (Å²) >= 11 is 0. The topological polar surface area (TPSA) is 70.3 Å². The number of hydrogen-bond acceptors (Lipinski definition) is 4. The van der Waals surface area contributed by atoms with E-state index < -0.39 is 30.1 Å². The maximum absolute atomic E-state index is 12.8. The molecular formula is C21H22F3N3O2. The van der Waals surface area contributed by atoms with Crippen molar-refractivity contribution in [3.63, 3.8) is 0 Å². The summed E-state index contributed by atoms with van der Waals surface area (Å²) in [5.41, 5.74) is 1.73. The first kappa shape index (κ1) is 19.9. The van der Waals surface area contributed by atoms with Gasteiger partial charge in [0.25, 0.3) is 0 Å². The lowest BCUT2D eigenvalue weighted by Gasteiger charge is -2.24. The number of aliphatic hydroxyl groups is 2. The third kappa shape index (κ3) is 3.75. The van der Waals surface area contributed by atoms with Gasteiger partial charge in [0.2, 0.25) is 0 Å². The number of nitrogens with zero attached hydrogens (tertiary/aromatic N) is 2. The van der Waals surface area contributed by atoms with Crippen LogP contribution in [-0.2, 0) is 19.8 Å². The molecule has 1 saturated carbocycles. The van der Waals surface area contributed by atoms with Crippen LogP contribution in [0, 0.1) is 0 Å². The van der Waals surface area contributed by atoms with Gasteiger partial charge in [0.1, 0.15) is 5.69 Å². The molecule has 5 nitrogen and oxygen atoms in total. The number of pyridine rings is 1. The third-order valence-electron chi connectivity index (χ3n) is 5.70. The maximum atomic E-state index is 12.8. The molecule has 2 aromatic heterocycles. The average molecular weight is 405 g/mol. The summed E-state index contributed by atoms with van der Waals surface area (Å²) in [5.74, 6) is -0.343. The molecule has 0 radical (unpaired) electrons. The van der Waals surface area contributed by atoms with Gasteiger partial charge in [-0.3, -0.25) is 4.98 Å². The third-order valence-corrected chi connectivity index (χ3v) is 5.70. The molecule has 0 saturated heterocycles. The Morgan fingerprint density at radius 1 is 1.17 bits per heavy atom. The van der Waals surface area contributed by atoms with Crippen molar-refractivity contribution in [3.8, 4) is 0 Å². The number of rotatable bonds is 4. The van der Waals surface area contributed by atoms with Crippen LogP contribution in [0.1, 0.15) is 29.2 Å². The minimum atomic E-state index is -4.50. The number of para-hydroxylation sites is 1. The Morgan fingerprint density at radius 2 is 1.93 bits per heavy atom. The Balaban J connectivity index is 1.56. The molecule has 1 aliphatic carbocycles. The van der Waals surface area contributed by atoms with Crippen molar-refractivity contribution >= 4 is 10.9 Å². The molecule has 29 heavy (non-hydrogen) atoms. The normalized spacial score (nSPS) is 25.0. The van der Waals surface area contributed by atoms with Gasteiger partial charge in [-0.25, -0.2) is 0 Å². The van der Waals surface area contributed by atoms with Gasteiger partial charge in [0.15, 0.2) is 0 Å². The van der Waals surface area contributed by atoms with Crippen molar-refractivity contribution in [2.24, 2.45) is 7.05 Å². The van der Waals surface area contributed by atoms with E-state index in [4.69, 9.17) is 0 Å². The Morgan fingerprint density at radius 3 is 2.62 bits per heavy atom. The maximum Gasteiger partial charge on any atom is 0.433 e. The number of nitrogens with one attached hydrogen (secondary N) is 1. The second-order valence-corrected chi connectivity index (χ2v) is 7.56. The van der Waals surface area contributed by atoms with Crippen LogP contribution in [0.3, 0.4) is 0 Å². The largest absolute Gasteiger partial charge is 0.433 e. The molecule has 0 spiro atoms. The minimum absolute atomic E-state index is 0.251. The van der Waals surface area contributed by atoms with E-state index in [1.165, 1.54) is 12.3 Å². The molecule has 0 aliphatic heterocycles. The van der Waals surface area contributed by atoms with Gasteiger partial charge in [0.05, 0.1) is 12.2 Å². The summed E-state index contributed by atoms with van der Waals surface area (Å²) < 4.78 is 40.4. The predicted octanol–water partition coefficient (Wildman–Crippen LogP) is 2.96. The van der Waals surface area contributed by atoms with Crippen LogP contribution in [-0.4, -0.2) is 38.0 Å². The fraction of sp³-hybridized carbons (Fsp3) is 0.381. The number of halogens is 3. The highest BCUT2D eigenvalue weighted by molar-refractivity contribution is 5.83. The summed E-state index contributed by atoms with van der Waals surface area (Å²) in [4.78, 5) is 3.52. The van der Waals surface area contributed by atoms with Crippen molar-refractivity contribution in [2.75, 3.05) is 0 Å². The first-order chi connectivity index (χ1) is 13.8. The Labute approximate surface area is 165 Å². The second kappa shape index (κ2) is 7.44. The van der Waals surface area contributed by atoms with E-state index in [1.54, 1.807) is 0 Å². The fourth-order valence-corrected chi connectivity index (χ4v) is 4.22. The molecule has 1 aliphatic rings. The summed E-state index contributed by atoms with van der Waals surface area (Å²) in [5, 5.41) is 25.0. The number of aryl methyl sites for hydroxylation is 1. The summed E-state index contributed by atoms with van der Waals surface area (Å²) in [7, 11) is 1.96. The van der Waals surface area contributed by atoms with Crippen molar-refractivity contribution in [1.29, 1.82) is 0 Å². The first-order valence-corrected chi connectivity index (χ1v) is 9.41. The Hall–Kier alpha value is -2.42. The SMILES string of the molecule is Cn1cc(CNC2C(c3ccc(C(F)(F)F)nc3)CC(O)C2O)c2ccccc21. The highest BCUT2D eigenvalue weighted by atomic mass is 19.4. The van der Waals surface area contributed by atoms with E-state index in [9.17, 15) is 23.4 Å². The van der Waals surface area contributed by atoms with Crippen molar-refractivity contribution in [2.45, 2.75) is 43.3 Å². The summed E-state index contributed by atoms with van der Waals surface area (Å²) in [6.45, 7) is 0.459. The molecule has 8 heteroatoms. The van der Waals surface area contributed by atoms with E-state index in [-0.39, 0.29) is 12.3 Å². The van der Waals surface area contributed by atoms with Gasteiger partial charge in [-0.05, 0) is 29.7 Å². The van der Waals surface area contributed by atoms with E-state index >= 15 is 0 Å². The Kier molecular flexibility index (Phi) is 5.10. The number of alkyl halides is 3. The highest BCUT2D eigenvalue weighted by Gasteiger charge is 2.42. The van der Waals surface area contributed by atoms with Gasteiger partial charge in [-0.2, -0.15) is 13.2 Å². The zero-order valence-electron chi connectivity index (χ0n) is 15.8. The van der Waals surface area contributed by atoms with Crippen molar-refractivity contribution < 1.29 is 23.4 Å². The van der Waals surface area contributed by atoms with Crippen LogP contribution in [0.15, 0.2) is 48.8 Å². The molecular weight excluding hydrogens is 383 g/mol. The van der Waals surface area contributed by atoms with Crippen molar-refractivity contribution in [1.82, 2.24) is 14.9 Å². The van der Waals surface area contributed by atoms with Gasteiger partial charge < -0.3 is 20.1 Å². The first-order valence-electron chi connectivity index (χ1n) is 9.41. The number of aromatic nitrogens is 2. The van der Waals surface area contributed by atoms with E-state index in [1.807, 2.05) is 42.1 Å². The second-order valence-electron chi connectivity index (χ2n) is 7.56. The molecule has 3 aromatic rings. The van der Waals surface area contributed by atoms with Gasteiger partial charge in [-0.1, -0.05) is 24.3 Å². The number of aliphatic hydroxyl groups excluding tert-OH is 2. The predicted molar refractivity (Wildman–Crippen MR) is 102 cm³/mol. The molecule has 1 fully saturated rings. The lowest BCUT2D eigenvalue weighted by atomic mass is 9.94. The number of hydrogen-bond donors (Lipinski definition) is 3. The molecule has 1 aromatic carbocycles. The molecule has 154 valence electrons. The monoisotopic (exact) mass is 405 g/mol. The lowest BCUT2D eigenvalue weighted by Crippen LogP contribution is -2.41. The fourth-order valence-electron chi connectivity index (χ4n) is 4.22. The van der Waals surface area contributed by atoms with Crippen molar-refractivity contribution in [3.05, 3.63) is 65.6 Å². The van der Waals surface area contributed by atoms with Crippen LogP contribution >= 0.6 is 0 Å². The standard InChI is InChI=1S/C21H22F3N3O2/c1-27-11-13(14-4-2-3-5-16(14)27)10-26-19-15(8-17(28)20(19)29)12-6-7-18(25-9-12)21(22,23)24/h2-7,9,11,15,17,19-20,26,28-29H,8,10H2,1H3. The van der Waals surface area contributed by atoms with Gasteiger partial charge in [-0.15, -0.1) is 0 Å². The molecule has 4 atom stereocenters. The Bertz CT molecular complexity index is 1000. The summed E-state index contributed by atoms with van der Waals surface area (Å²) in [6.07, 6.45) is -3.03. The molecule has 0 amide bonds. The van der Waals surface area contributed by atoms with Crippen LogP contribution in [0.25, 0.3) is 10.9 Å². The molecule has 2 heterocycles. The quantitative estimate of drug-likeness (QED) is 0.624. The molecule has 0 bridgehead atoms. The summed E-state index contributed by atoms with van der Waals surface area (Å²) in [6, 6.07) is 9.77. The van der Waals surface area contributed by atoms with Gasteiger partial charge in [0, 0.05) is 48.8 Å². The number of benzene rings is 1. The van der Waals surface area contributed by atoms with Crippen LogP contribution in [0.4, 0.5) is 13.2 Å². The lowest BCUT2D eigenvalue weighted by molar-refractivity contribution is -0.141. The molecule has 3 N–H and O–H groups in total. The smallest absolute Gasteiger partial charge is 0.390 e. The average Bonchev–Trinajstić information content (AvgIpc) is 3.17. The zero-order valence-corrected chi connectivity index (χ0v) is 15.8.